The molecule has 5 rings (SSSR count). The molecule has 2 fully saturated rings. The molecule has 2 saturated heterocycles. The average Bonchev–Trinajstić information content (AvgIpc) is 3.28. The first kappa shape index (κ1) is 28.7. The summed E-state index contributed by atoms with van der Waals surface area (Å²) in [6.07, 6.45) is 2.58. The number of thioether (sulfide) groups is 1. The van der Waals surface area contributed by atoms with E-state index in [1.165, 1.54) is 17.4 Å². The Balaban J connectivity index is 1.56. The first-order valence-corrected chi connectivity index (χ1v) is 15.1. The molecule has 0 spiro atoms. The fraction of sp³-hybridized carbons (Fsp3) is 0.312. The number of pyridine rings is 1. The summed E-state index contributed by atoms with van der Waals surface area (Å²) >= 11 is 6.95. The molecule has 3 aromatic rings. The number of piperazine rings is 1. The zero-order chi connectivity index (χ0) is 29.1. The van der Waals surface area contributed by atoms with Crippen molar-refractivity contribution in [1.82, 2.24) is 9.47 Å². The Bertz CT molecular complexity index is 1590. The Morgan fingerprint density at radius 1 is 1.00 bits per heavy atom. The molecule has 2 aromatic carbocycles. The summed E-state index contributed by atoms with van der Waals surface area (Å²) in [7, 11) is 0. The molecule has 1 atom stereocenters. The van der Waals surface area contributed by atoms with Crippen LogP contribution in [0.2, 0.25) is 0 Å². The number of nitrogens with zero attached hydrogens (tertiary/aromatic N) is 5. The van der Waals surface area contributed by atoms with Gasteiger partial charge in [0.2, 0.25) is 0 Å². The van der Waals surface area contributed by atoms with E-state index >= 15 is 0 Å². The van der Waals surface area contributed by atoms with Crippen LogP contribution in [0.15, 0.2) is 70.4 Å². The van der Waals surface area contributed by atoms with Gasteiger partial charge in [0, 0.05) is 44.0 Å². The topological polar surface area (TPSA) is 72.6 Å². The number of carbonyl (C=O) groups excluding carboxylic acids is 1. The van der Waals surface area contributed by atoms with Gasteiger partial charge in [-0.25, -0.2) is 0 Å². The SMILES string of the molecule is CCCn1c(N2CCN(c3ccccc3)CC2)c(C=C2SC(=S)N(C(C)c3ccccc3)C2=O)c(C)c(C#N)c1=O. The van der Waals surface area contributed by atoms with Gasteiger partial charge >= 0.3 is 0 Å². The van der Waals surface area contributed by atoms with Gasteiger partial charge in [0.15, 0.2) is 0 Å². The van der Waals surface area contributed by atoms with E-state index in [-0.39, 0.29) is 23.1 Å². The molecule has 210 valence electrons. The zero-order valence-electron chi connectivity index (χ0n) is 23.5. The second kappa shape index (κ2) is 12.3. The highest BCUT2D eigenvalue weighted by molar-refractivity contribution is 8.26. The lowest BCUT2D eigenvalue weighted by molar-refractivity contribution is -0.123. The van der Waals surface area contributed by atoms with Gasteiger partial charge in [-0.05, 0) is 49.6 Å². The maximum absolute atomic E-state index is 13.8. The smallest absolute Gasteiger partial charge is 0.270 e. The number of rotatable bonds is 7. The molecular weight excluding hydrogens is 551 g/mol. The van der Waals surface area contributed by atoms with E-state index in [1.807, 2.05) is 68.5 Å². The fourth-order valence-corrected chi connectivity index (χ4v) is 6.96. The number of amides is 1. The second-order valence-corrected chi connectivity index (χ2v) is 11.9. The van der Waals surface area contributed by atoms with Crippen molar-refractivity contribution in [3.8, 4) is 6.07 Å². The highest BCUT2D eigenvalue weighted by Gasteiger charge is 2.37. The number of nitriles is 1. The minimum atomic E-state index is -0.283. The molecule has 3 heterocycles. The van der Waals surface area contributed by atoms with Crippen molar-refractivity contribution in [3.63, 3.8) is 0 Å². The maximum Gasteiger partial charge on any atom is 0.270 e. The van der Waals surface area contributed by atoms with Gasteiger partial charge < -0.3 is 9.80 Å². The highest BCUT2D eigenvalue weighted by atomic mass is 32.2. The predicted octanol–water partition coefficient (Wildman–Crippen LogP) is 5.73. The van der Waals surface area contributed by atoms with Gasteiger partial charge in [0.25, 0.3) is 11.5 Å². The highest BCUT2D eigenvalue weighted by Crippen LogP contribution is 2.40. The Hall–Kier alpha value is -3.87. The fourth-order valence-electron chi connectivity index (χ4n) is 5.56. The summed E-state index contributed by atoms with van der Waals surface area (Å²) in [5.74, 6) is 0.602. The number of para-hydroxylation sites is 1. The number of carbonyl (C=O) groups is 1. The minimum absolute atomic E-state index is 0.115. The van der Waals surface area contributed by atoms with E-state index in [4.69, 9.17) is 12.2 Å². The van der Waals surface area contributed by atoms with E-state index in [9.17, 15) is 14.9 Å². The van der Waals surface area contributed by atoms with Gasteiger partial charge in [-0.1, -0.05) is 79.4 Å². The Morgan fingerprint density at radius 2 is 1.61 bits per heavy atom. The summed E-state index contributed by atoms with van der Waals surface area (Å²) in [4.78, 5) is 34.0. The van der Waals surface area contributed by atoms with Crippen LogP contribution >= 0.6 is 24.0 Å². The van der Waals surface area contributed by atoms with Gasteiger partial charge in [-0.3, -0.25) is 19.1 Å². The third-order valence-electron chi connectivity index (χ3n) is 7.76. The largest absolute Gasteiger partial charge is 0.368 e. The van der Waals surface area contributed by atoms with Crippen LogP contribution in [0.4, 0.5) is 11.5 Å². The first-order valence-electron chi connectivity index (χ1n) is 13.9. The molecule has 2 aliphatic rings. The molecule has 7 nitrogen and oxygen atoms in total. The molecule has 41 heavy (non-hydrogen) atoms. The second-order valence-electron chi connectivity index (χ2n) is 10.3. The van der Waals surface area contributed by atoms with Crippen LogP contribution in [0.1, 0.15) is 48.6 Å². The van der Waals surface area contributed by atoms with Crippen LogP contribution < -0.4 is 15.4 Å². The van der Waals surface area contributed by atoms with Crippen molar-refractivity contribution in [2.75, 3.05) is 36.0 Å². The quantitative estimate of drug-likeness (QED) is 0.260. The lowest BCUT2D eigenvalue weighted by Gasteiger charge is -2.39. The third kappa shape index (κ3) is 5.54. The standard InChI is InChI=1S/C32H33N5O2S2/c1-4-15-36-29(35-18-16-34(17-19-35)25-13-9-6-10-14-25)26(22(2)27(21-33)30(36)38)20-28-31(39)37(32(40)41-28)23(3)24-11-7-5-8-12-24/h5-14,20,23H,4,15-19H2,1-3H3. The summed E-state index contributed by atoms with van der Waals surface area (Å²) in [6.45, 7) is 9.27. The molecule has 0 radical (unpaired) electrons. The molecule has 0 bridgehead atoms. The first-order chi connectivity index (χ1) is 19.8. The predicted molar refractivity (Wildman–Crippen MR) is 171 cm³/mol. The lowest BCUT2D eigenvalue weighted by Crippen LogP contribution is -2.48. The Kier molecular flexibility index (Phi) is 8.62. The van der Waals surface area contributed by atoms with Crippen LogP contribution in [0.5, 0.6) is 0 Å². The van der Waals surface area contributed by atoms with Crippen molar-refractivity contribution in [2.24, 2.45) is 0 Å². The van der Waals surface area contributed by atoms with Crippen molar-refractivity contribution in [3.05, 3.63) is 98.2 Å². The van der Waals surface area contributed by atoms with Crippen molar-refractivity contribution in [1.29, 1.82) is 5.26 Å². The summed E-state index contributed by atoms with van der Waals surface area (Å²) < 4.78 is 2.22. The summed E-state index contributed by atoms with van der Waals surface area (Å²) in [5.41, 5.74) is 3.33. The van der Waals surface area contributed by atoms with Crippen LogP contribution in [0.3, 0.4) is 0 Å². The van der Waals surface area contributed by atoms with Crippen molar-refractivity contribution < 1.29 is 4.79 Å². The molecule has 1 aromatic heterocycles. The molecule has 0 aliphatic carbocycles. The Morgan fingerprint density at radius 3 is 2.22 bits per heavy atom. The van der Waals surface area contributed by atoms with E-state index in [0.29, 0.717) is 34.4 Å². The van der Waals surface area contributed by atoms with E-state index in [1.54, 1.807) is 16.4 Å². The van der Waals surface area contributed by atoms with E-state index in [0.717, 1.165) is 36.5 Å². The van der Waals surface area contributed by atoms with E-state index in [2.05, 4.69) is 28.0 Å². The molecule has 2 aliphatic heterocycles. The Labute approximate surface area is 250 Å². The monoisotopic (exact) mass is 583 g/mol. The van der Waals surface area contributed by atoms with Crippen LogP contribution in [-0.4, -0.2) is 45.9 Å². The van der Waals surface area contributed by atoms with Crippen LogP contribution in [0.25, 0.3) is 6.08 Å². The maximum atomic E-state index is 13.8. The number of anilines is 2. The van der Waals surface area contributed by atoms with Gasteiger partial charge in [0.1, 0.15) is 21.8 Å². The van der Waals surface area contributed by atoms with Gasteiger partial charge in [-0.2, -0.15) is 5.26 Å². The molecule has 1 amide bonds. The van der Waals surface area contributed by atoms with Crippen molar-refractivity contribution >= 4 is 51.8 Å². The number of thiocarbonyl (C=S) groups is 1. The van der Waals surface area contributed by atoms with Crippen molar-refractivity contribution in [2.45, 2.75) is 39.8 Å². The molecule has 0 N–H and O–H groups in total. The number of hydrogen-bond acceptors (Lipinski definition) is 7. The number of hydrogen-bond donors (Lipinski definition) is 0. The summed E-state index contributed by atoms with van der Waals surface area (Å²) in [5, 5.41) is 9.97. The lowest BCUT2D eigenvalue weighted by atomic mass is 10.0. The van der Waals surface area contributed by atoms with Gasteiger partial charge in [-0.15, -0.1) is 0 Å². The molecule has 1 unspecified atom stereocenters. The van der Waals surface area contributed by atoms with Gasteiger partial charge in [0.05, 0.1) is 10.9 Å². The molecule has 0 saturated carbocycles. The number of benzene rings is 2. The average molecular weight is 584 g/mol. The molecular formula is C32H33N5O2S2. The third-order valence-corrected chi connectivity index (χ3v) is 9.09. The van der Waals surface area contributed by atoms with Crippen LogP contribution in [0, 0.1) is 18.3 Å². The molecule has 9 heteroatoms. The zero-order valence-corrected chi connectivity index (χ0v) is 25.2. The minimum Gasteiger partial charge on any atom is -0.368 e. The summed E-state index contributed by atoms with van der Waals surface area (Å²) in [6, 6.07) is 22.1. The number of aromatic nitrogens is 1. The van der Waals surface area contributed by atoms with E-state index < -0.39 is 0 Å². The normalized spacial score (nSPS) is 17.3. The van der Waals surface area contributed by atoms with Crippen LogP contribution in [-0.2, 0) is 11.3 Å².